The highest BCUT2D eigenvalue weighted by Gasteiger charge is 2.35. The minimum Gasteiger partial charge on any atom is -0.383 e. The van der Waals surface area contributed by atoms with E-state index in [1.807, 2.05) is 6.07 Å². The Labute approximate surface area is 168 Å². The number of urea groups is 1. The minimum atomic E-state index is -3.56. The van der Waals surface area contributed by atoms with Crippen molar-refractivity contribution in [1.29, 1.82) is 0 Å². The van der Waals surface area contributed by atoms with E-state index in [4.69, 9.17) is 4.74 Å². The smallest absolute Gasteiger partial charge is 0.317 e. The van der Waals surface area contributed by atoms with Crippen LogP contribution in [0.1, 0.15) is 43.7 Å². The SMILES string of the molecule is CCCCNC(=O)N1CCc2ccc(S(=O)(=O)N3CCC[C@@H]3COC)cc2C1. The number of carbonyl (C=O) groups is 1. The number of hydrogen-bond acceptors (Lipinski definition) is 4. The first-order chi connectivity index (χ1) is 13.5. The van der Waals surface area contributed by atoms with E-state index in [0.29, 0.717) is 37.7 Å². The Bertz CT molecular complexity index is 797. The van der Waals surface area contributed by atoms with Crippen LogP contribution < -0.4 is 5.32 Å². The Morgan fingerprint density at radius 1 is 1.29 bits per heavy atom. The summed E-state index contributed by atoms with van der Waals surface area (Å²) in [4.78, 5) is 14.4. The van der Waals surface area contributed by atoms with Crippen LogP contribution in [0.15, 0.2) is 23.1 Å². The van der Waals surface area contributed by atoms with Crippen molar-refractivity contribution in [3.63, 3.8) is 0 Å². The van der Waals surface area contributed by atoms with Gasteiger partial charge in [0.1, 0.15) is 0 Å². The molecule has 28 heavy (non-hydrogen) atoms. The van der Waals surface area contributed by atoms with Crippen LogP contribution in [-0.2, 0) is 27.7 Å². The van der Waals surface area contributed by atoms with Gasteiger partial charge < -0.3 is 15.0 Å². The van der Waals surface area contributed by atoms with Gasteiger partial charge in [-0.15, -0.1) is 0 Å². The highest BCUT2D eigenvalue weighted by molar-refractivity contribution is 7.89. The second-order valence-electron chi connectivity index (χ2n) is 7.55. The van der Waals surface area contributed by atoms with Gasteiger partial charge in [0.15, 0.2) is 0 Å². The fraction of sp³-hybridized carbons (Fsp3) is 0.650. The summed E-state index contributed by atoms with van der Waals surface area (Å²) in [6.07, 6.45) is 4.41. The van der Waals surface area contributed by atoms with Crippen LogP contribution in [0.2, 0.25) is 0 Å². The van der Waals surface area contributed by atoms with Crippen molar-refractivity contribution in [1.82, 2.24) is 14.5 Å². The zero-order valence-corrected chi connectivity index (χ0v) is 17.6. The van der Waals surface area contributed by atoms with Crippen molar-refractivity contribution in [3.05, 3.63) is 29.3 Å². The summed E-state index contributed by atoms with van der Waals surface area (Å²) in [5, 5.41) is 2.94. The van der Waals surface area contributed by atoms with E-state index >= 15 is 0 Å². The number of benzene rings is 1. The normalized spacial score (nSPS) is 20.2. The lowest BCUT2D eigenvalue weighted by Crippen LogP contribution is -2.43. The topological polar surface area (TPSA) is 79.0 Å². The zero-order valence-electron chi connectivity index (χ0n) is 16.8. The molecule has 2 heterocycles. The summed E-state index contributed by atoms with van der Waals surface area (Å²) in [6, 6.07) is 5.17. The first kappa shape index (κ1) is 21.1. The maximum Gasteiger partial charge on any atom is 0.317 e. The number of hydrogen-bond donors (Lipinski definition) is 1. The second kappa shape index (κ2) is 9.24. The lowest BCUT2D eigenvalue weighted by atomic mass is 10.0. The molecule has 1 fully saturated rings. The number of nitrogens with one attached hydrogen (secondary N) is 1. The number of amides is 2. The van der Waals surface area contributed by atoms with E-state index in [-0.39, 0.29) is 12.1 Å². The molecule has 1 saturated heterocycles. The average Bonchev–Trinajstić information content (AvgIpc) is 3.16. The maximum absolute atomic E-state index is 13.2. The Hall–Kier alpha value is -1.64. The predicted molar refractivity (Wildman–Crippen MR) is 108 cm³/mol. The zero-order chi connectivity index (χ0) is 20.1. The molecule has 2 aliphatic heterocycles. The summed E-state index contributed by atoms with van der Waals surface area (Å²) < 4.78 is 33.1. The maximum atomic E-state index is 13.2. The quantitative estimate of drug-likeness (QED) is 0.701. The molecule has 156 valence electrons. The van der Waals surface area contributed by atoms with Crippen LogP contribution >= 0.6 is 0 Å². The number of ether oxygens (including phenoxy) is 1. The molecular weight excluding hydrogens is 378 g/mol. The largest absolute Gasteiger partial charge is 0.383 e. The molecule has 1 N–H and O–H groups in total. The highest BCUT2D eigenvalue weighted by atomic mass is 32.2. The van der Waals surface area contributed by atoms with E-state index < -0.39 is 10.0 Å². The first-order valence-electron chi connectivity index (χ1n) is 10.1. The minimum absolute atomic E-state index is 0.0768. The van der Waals surface area contributed by atoms with Crippen molar-refractivity contribution < 1.29 is 17.9 Å². The van der Waals surface area contributed by atoms with Crippen molar-refractivity contribution in [2.45, 2.75) is 56.5 Å². The molecule has 8 heteroatoms. The fourth-order valence-corrected chi connectivity index (χ4v) is 5.70. The molecule has 2 amide bonds. The Kier molecular flexibility index (Phi) is 6.95. The van der Waals surface area contributed by atoms with Crippen LogP contribution in [0, 0.1) is 0 Å². The van der Waals surface area contributed by atoms with Gasteiger partial charge in [-0.05, 0) is 48.9 Å². The Morgan fingerprint density at radius 3 is 2.86 bits per heavy atom. The number of fused-ring (bicyclic) bond motifs is 1. The van der Waals surface area contributed by atoms with Crippen LogP contribution in [-0.4, -0.2) is 63.0 Å². The Balaban J connectivity index is 1.76. The van der Waals surface area contributed by atoms with Crippen LogP contribution in [0.3, 0.4) is 0 Å². The van der Waals surface area contributed by atoms with Crippen LogP contribution in [0.5, 0.6) is 0 Å². The van der Waals surface area contributed by atoms with Crippen LogP contribution in [0.25, 0.3) is 0 Å². The number of sulfonamides is 1. The highest BCUT2D eigenvalue weighted by Crippen LogP contribution is 2.29. The molecule has 7 nitrogen and oxygen atoms in total. The second-order valence-corrected chi connectivity index (χ2v) is 9.45. The van der Waals surface area contributed by atoms with Crippen molar-refractivity contribution in [2.75, 3.05) is 33.4 Å². The monoisotopic (exact) mass is 409 g/mol. The number of unbranched alkanes of at least 4 members (excludes halogenated alkanes) is 1. The van der Waals surface area contributed by atoms with Crippen molar-refractivity contribution >= 4 is 16.1 Å². The summed E-state index contributed by atoms with van der Waals surface area (Å²) in [7, 11) is -1.97. The lowest BCUT2D eigenvalue weighted by Gasteiger charge is -2.30. The van der Waals surface area contributed by atoms with Gasteiger partial charge in [0, 0.05) is 39.3 Å². The first-order valence-corrected chi connectivity index (χ1v) is 11.6. The summed E-state index contributed by atoms with van der Waals surface area (Å²) in [5.74, 6) is 0. The van der Waals surface area contributed by atoms with Crippen molar-refractivity contribution in [2.24, 2.45) is 0 Å². The number of rotatable bonds is 7. The van der Waals surface area contributed by atoms with Gasteiger partial charge in [0.25, 0.3) is 0 Å². The standard InChI is InChI=1S/C20H31N3O4S/c1-3-4-10-21-20(24)22-12-9-16-7-8-19(13-17(16)14-22)28(25,26)23-11-5-6-18(23)15-27-2/h7-8,13,18H,3-6,9-12,14-15H2,1-2H3,(H,21,24)/t18-/m1/s1. The summed E-state index contributed by atoms with van der Waals surface area (Å²) >= 11 is 0. The van der Waals surface area contributed by atoms with Gasteiger partial charge in [-0.25, -0.2) is 13.2 Å². The van der Waals surface area contributed by atoms with Gasteiger partial charge in [-0.3, -0.25) is 0 Å². The molecular formula is C20H31N3O4S. The predicted octanol–water partition coefficient (Wildman–Crippen LogP) is 2.35. The molecule has 1 aromatic carbocycles. The van der Waals surface area contributed by atoms with Gasteiger partial charge in [-0.2, -0.15) is 4.31 Å². The van der Waals surface area contributed by atoms with Crippen LogP contribution in [0.4, 0.5) is 4.79 Å². The molecule has 1 atom stereocenters. The number of methoxy groups -OCH3 is 1. The molecule has 0 radical (unpaired) electrons. The molecule has 0 aliphatic carbocycles. The summed E-state index contributed by atoms with van der Waals surface area (Å²) in [5.41, 5.74) is 2.03. The molecule has 2 aliphatic rings. The number of carbonyl (C=O) groups excluding carboxylic acids is 1. The molecule has 0 unspecified atom stereocenters. The van der Waals surface area contributed by atoms with Gasteiger partial charge in [-0.1, -0.05) is 19.4 Å². The average molecular weight is 410 g/mol. The summed E-state index contributed by atoms with van der Waals surface area (Å²) in [6.45, 7) is 4.79. The van der Waals surface area contributed by atoms with E-state index in [9.17, 15) is 13.2 Å². The molecule has 0 spiro atoms. The molecule has 3 rings (SSSR count). The van der Waals surface area contributed by atoms with E-state index in [1.165, 1.54) is 0 Å². The third-order valence-electron chi connectivity index (χ3n) is 5.57. The Morgan fingerprint density at radius 2 is 2.11 bits per heavy atom. The molecule has 0 bridgehead atoms. The van der Waals surface area contributed by atoms with Gasteiger partial charge >= 0.3 is 6.03 Å². The van der Waals surface area contributed by atoms with E-state index in [0.717, 1.165) is 43.2 Å². The fourth-order valence-electron chi connectivity index (χ4n) is 3.97. The lowest BCUT2D eigenvalue weighted by molar-refractivity contribution is 0.149. The molecule has 0 saturated carbocycles. The third kappa shape index (κ3) is 4.50. The van der Waals surface area contributed by atoms with Crippen molar-refractivity contribution in [3.8, 4) is 0 Å². The van der Waals surface area contributed by atoms with E-state index in [1.54, 1.807) is 28.4 Å². The van der Waals surface area contributed by atoms with E-state index in [2.05, 4.69) is 12.2 Å². The molecule has 1 aromatic rings. The third-order valence-corrected chi connectivity index (χ3v) is 7.52. The van der Waals surface area contributed by atoms with Gasteiger partial charge in [0.2, 0.25) is 10.0 Å². The molecule has 0 aromatic heterocycles. The van der Waals surface area contributed by atoms with Gasteiger partial charge in [0.05, 0.1) is 11.5 Å². The number of nitrogens with zero attached hydrogens (tertiary/aromatic N) is 2.